The molecular weight excluding hydrogens is 208 g/mol. The zero-order chi connectivity index (χ0) is 12.0. The smallest absolute Gasteiger partial charge is 0.287 e. The number of hydrogen-bond donors (Lipinski definition) is 2. The second-order valence-corrected chi connectivity index (χ2v) is 3.63. The lowest BCUT2D eigenvalue weighted by Crippen LogP contribution is -2.33. The molecule has 1 amide bonds. The van der Waals surface area contributed by atoms with Gasteiger partial charge in [-0.25, -0.2) is 0 Å². The molecule has 0 aliphatic rings. The summed E-state index contributed by atoms with van der Waals surface area (Å²) >= 11 is 0. The normalized spacial score (nSPS) is 12.4. The summed E-state index contributed by atoms with van der Waals surface area (Å²) in [7, 11) is 1.63. The summed E-state index contributed by atoms with van der Waals surface area (Å²) < 4.78 is 10.2. The SMILES string of the molecule is COCCC(C)NC(=O)c1ccc(CN)o1. The van der Waals surface area contributed by atoms with Crippen LogP contribution in [0.3, 0.4) is 0 Å². The molecule has 0 bridgehead atoms. The molecule has 1 unspecified atom stereocenters. The average molecular weight is 226 g/mol. The van der Waals surface area contributed by atoms with Crippen molar-refractivity contribution in [3.05, 3.63) is 23.7 Å². The maximum atomic E-state index is 11.7. The Balaban J connectivity index is 2.45. The first kappa shape index (κ1) is 12.7. The van der Waals surface area contributed by atoms with Crippen LogP contribution < -0.4 is 11.1 Å². The molecule has 5 heteroatoms. The average Bonchev–Trinajstić information content (AvgIpc) is 2.74. The molecule has 1 aromatic heterocycles. The van der Waals surface area contributed by atoms with Gasteiger partial charge in [0.25, 0.3) is 5.91 Å². The summed E-state index contributed by atoms with van der Waals surface area (Å²) in [6, 6.07) is 3.38. The molecule has 1 atom stereocenters. The molecule has 0 aromatic carbocycles. The van der Waals surface area contributed by atoms with E-state index in [0.717, 1.165) is 6.42 Å². The lowest BCUT2D eigenvalue weighted by atomic mass is 10.2. The van der Waals surface area contributed by atoms with E-state index < -0.39 is 0 Å². The molecule has 1 heterocycles. The number of nitrogens with one attached hydrogen (secondary N) is 1. The molecule has 0 saturated carbocycles. The quantitative estimate of drug-likeness (QED) is 0.755. The molecule has 0 spiro atoms. The predicted octanol–water partition coefficient (Wildman–Crippen LogP) is 0.893. The summed E-state index contributed by atoms with van der Waals surface area (Å²) in [4.78, 5) is 11.7. The van der Waals surface area contributed by atoms with Crippen molar-refractivity contribution in [3.63, 3.8) is 0 Å². The molecule has 5 nitrogen and oxygen atoms in total. The first-order valence-corrected chi connectivity index (χ1v) is 5.26. The van der Waals surface area contributed by atoms with Gasteiger partial charge in [0.05, 0.1) is 6.54 Å². The van der Waals surface area contributed by atoms with Gasteiger partial charge in [0.1, 0.15) is 5.76 Å². The van der Waals surface area contributed by atoms with Crippen LogP contribution in [-0.4, -0.2) is 25.7 Å². The van der Waals surface area contributed by atoms with E-state index in [-0.39, 0.29) is 11.9 Å². The van der Waals surface area contributed by atoms with Gasteiger partial charge in [-0.05, 0) is 25.5 Å². The number of amides is 1. The fourth-order valence-corrected chi connectivity index (χ4v) is 1.27. The van der Waals surface area contributed by atoms with E-state index in [4.69, 9.17) is 14.9 Å². The van der Waals surface area contributed by atoms with Gasteiger partial charge in [-0.2, -0.15) is 0 Å². The minimum Gasteiger partial charge on any atom is -0.455 e. The Morgan fingerprint density at radius 1 is 1.62 bits per heavy atom. The molecule has 3 N–H and O–H groups in total. The third-order valence-electron chi connectivity index (χ3n) is 2.22. The second-order valence-electron chi connectivity index (χ2n) is 3.63. The van der Waals surface area contributed by atoms with Crippen LogP contribution in [0.25, 0.3) is 0 Å². The van der Waals surface area contributed by atoms with E-state index in [1.807, 2.05) is 6.92 Å². The lowest BCUT2D eigenvalue weighted by Gasteiger charge is -2.11. The summed E-state index contributed by atoms with van der Waals surface area (Å²) in [5.74, 6) is 0.683. The van der Waals surface area contributed by atoms with Crippen LogP contribution in [-0.2, 0) is 11.3 Å². The molecule has 0 fully saturated rings. The van der Waals surface area contributed by atoms with E-state index in [1.165, 1.54) is 0 Å². The maximum absolute atomic E-state index is 11.7. The number of rotatable bonds is 6. The van der Waals surface area contributed by atoms with E-state index in [9.17, 15) is 4.79 Å². The van der Waals surface area contributed by atoms with Gasteiger partial charge in [0, 0.05) is 19.8 Å². The highest BCUT2D eigenvalue weighted by Crippen LogP contribution is 2.07. The van der Waals surface area contributed by atoms with Crippen molar-refractivity contribution in [1.29, 1.82) is 0 Å². The first-order chi connectivity index (χ1) is 7.67. The van der Waals surface area contributed by atoms with Gasteiger partial charge in [-0.15, -0.1) is 0 Å². The predicted molar refractivity (Wildman–Crippen MR) is 60.0 cm³/mol. The zero-order valence-electron chi connectivity index (χ0n) is 9.66. The summed E-state index contributed by atoms with van der Waals surface area (Å²) in [5, 5.41) is 2.81. The fourth-order valence-electron chi connectivity index (χ4n) is 1.27. The highest BCUT2D eigenvalue weighted by molar-refractivity contribution is 5.91. The number of carbonyl (C=O) groups is 1. The lowest BCUT2D eigenvalue weighted by molar-refractivity contribution is 0.0900. The molecule has 1 aromatic rings. The summed E-state index contributed by atoms with van der Waals surface area (Å²) in [6.07, 6.45) is 0.771. The van der Waals surface area contributed by atoms with Gasteiger partial charge in [-0.3, -0.25) is 4.79 Å². The van der Waals surface area contributed by atoms with Gasteiger partial charge < -0.3 is 20.2 Å². The van der Waals surface area contributed by atoms with Crippen molar-refractivity contribution < 1.29 is 13.9 Å². The van der Waals surface area contributed by atoms with Crippen LogP contribution in [0.15, 0.2) is 16.5 Å². The van der Waals surface area contributed by atoms with Crippen molar-refractivity contribution in [1.82, 2.24) is 5.32 Å². The van der Waals surface area contributed by atoms with E-state index in [1.54, 1.807) is 19.2 Å². The van der Waals surface area contributed by atoms with Crippen LogP contribution >= 0.6 is 0 Å². The molecule has 1 rings (SSSR count). The minimum absolute atomic E-state index is 0.0545. The summed E-state index contributed by atoms with van der Waals surface area (Å²) in [6.45, 7) is 2.84. The van der Waals surface area contributed by atoms with Gasteiger partial charge in [0.2, 0.25) is 0 Å². The third-order valence-corrected chi connectivity index (χ3v) is 2.22. The van der Waals surface area contributed by atoms with Crippen LogP contribution in [0.1, 0.15) is 29.7 Å². The molecule has 0 radical (unpaired) electrons. The van der Waals surface area contributed by atoms with Crippen LogP contribution in [0.4, 0.5) is 0 Å². The monoisotopic (exact) mass is 226 g/mol. The first-order valence-electron chi connectivity index (χ1n) is 5.26. The van der Waals surface area contributed by atoms with Crippen LogP contribution in [0, 0.1) is 0 Å². The standard InChI is InChI=1S/C11H18N2O3/c1-8(5-6-15-2)13-11(14)10-4-3-9(7-12)16-10/h3-4,8H,5-7,12H2,1-2H3,(H,13,14). The minimum atomic E-state index is -0.219. The molecule has 16 heavy (non-hydrogen) atoms. The number of furan rings is 1. The largest absolute Gasteiger partial charge is 0.455 e. The Bertz CT molecular complexity index is 336. The Kier molecular flexibility index (Phi) is 5.01. The van der Waals surface area contributed by atoms with Crippen molar-refractivity contribution in [2.24, 2.45) is 5.73 Å². The topological polar surface area (TPSA) is 77.5 Å². The number of nitrogens with two attached hydrogens (primary N) is 1. The zero-order valence-corrected chi connectivity index (χ0v) is 9.66. The number of ether oxygens (including phenoxy) is 1. The Morgan fingerprint density at radius 2 is 2.38 bits per heavy atom. The Hall–Kier alpha value is -1.33. The van der Waals surface area contributed by atoms with Crippen molar-refractivity contribution in [3.8, 4) is 0 Å². The van der Waals surface area contributed by atoms with Crippen LogP contribution in [0.2, 0.25) is 0 Å². The van der Waals surface area contributed by atoms with Gasteiger partial charge in [-0.1, -0.05) is 0 Å². The second kappa shape index (κ2) is 6.30. The molecule has 0 aliphatic carbocycles. The maximum Gasteiger partial charge on any atom is 0.287 e. The summed E-state index contributed by atoms with van der Waals surface area (Å²) in [5.41, 5.74) is 5.39. The van der Waals surface area contributed by atoms with Crippen molar-refractivity contribution >= 4 is 5.91 Å². The highest BCUT2D eigenvalue weighted by atomic mass is 16.5. The number of methoxy groups -OCH3 is 1. The Morgan fingerprint density at radius 3 is 2.94 bits per heavy atom. The van der Waals surface area contributed by atoms with E-state index in [2.05, 4.69) is 5.32 Å². The highest BCUT2D eigenvalue weighted by Gasteiger charge is 2.13. The number of hydrogen-bond acceptors (Lipinski definition) is 4. The van der Waals surface area contributed by atoms with Crippen molar-refractivity contribution in [2.75, 3.05) is 13.7 Å². The van der Waals surface area contributed by atoms with Gasteiger partial charge in [0.15, 0.2) is 5.76 Å². The van der Waals surface area contributed by atoms with Gasteiger partial charge >= 0.3 is 0 Å². The molecular formula is C11H18N2O3. The Labute approximate surface area is 94.9 Å². The van der Waals surface area contributed by atoms with E-state index >= 15 is 0 Å². The molecule has 90 valence electrons. The van der Waals surface area contributed by atoms with E-state index in [0.29, 0.717) is 24.7 Å². The number of carbonyl (C=O) groups excluding carboxylic acids is 1. The third kappa shape index (κ3) is 3.67. The molecule has 0 aliphatic heterocycles. The fraction of sp³-hybridized carbons (Fsp3) is 0.545. The van der Waals surface area contributed by atoms with Crippen molar-refractivity contribution in [2.45, 2.75) is 25.9 Å². The van der Waals surface area contributed by atoms with Crippen LogP contribution in [0.5, 0.6) is 0 Å². The molecule has 0 saturated heterocycles.